The van der Waals surface area contributed by atoms with E-state index in [-0.39, 0.29) is 12.0 Å². The maximum atomic E-state index is 14.7. The van der Waals surface area contributed by atoms with Crippen molar-refractivity contribution in [2.75, 3.05) is 31.0 Å². The first-order valence-electron chi connectivity index (χ1n) is 15.0. The third kappa shape index (κ3) is 7.10. The zero-order valence-electron chi connectivity index (χ0n) is 26.9. The van der Waals surface area contributed by atoms with Crippen molar-refractivity contribution in [2.45, 2.75) is 63.5 Å². The monoisotopic (exact) mass is 689 g/mol. The standard InChI is InChI=1S/C34H35ClF3N3O7/c1-19(40-48-32(2,3)31(43)44)20-13-22(16-24(14-20)45-4)39-29(25-9-7-21(35)15-28(25)46-5)30(42)41-18-33(11-6-12-33)26-10-8-23(17-27(26)41)47-34(36,37)38/h7-10,13-17,29,39H,6,11-12,18H2,1-5H3,(H,43,44). The van der Waals surface area contributed by atoms with Crippen LogP contribution < -0.4 is 24.4 Å². The topological polar surface area (TPSA) is 119 Å². The second-order valence-electron chi connectivity index (χ2n) is 12.3. The second kappa shape index (κ2) is 13.1. The molecule has 1 aliphatic heterocycles. The molecule has 3 aromatic rings. The fourth-order valence-electron chi connectivity index (χ4n) is 5.88. The minimum Gasteiger partial charge on any atom is -0.497 e. The Bertz CT molecular complexity index is 1760. The molecule has 5 rings (SSSR count). The summed E-state index contributed by atoms with van der Waals surface area (Å²) >= 11 is 6.26. The van der Waals surface area contributed by atoms with Crippen LogP contribution in [0.4, 0.5) is 24.5 Å². The van der Waals surface area contributed by atoms with Crippen molar-refractivity contribution in [3.05, 3.63) is 76.3 Å². The van der Waals surface area contributed by atoms with Gasteiger partial charge in [-0.3, -0.25) is 4.79 Å². The number of carbonyl (C=O) groups excluding carboxylic acids is 1. The SMILES string of the molecule is COc1cc(NC(C(=O)N2CC3(CCC3)c3ccc(OC(F)(F)F)cc32)c2ccc(Cl)cc2OC)cc(C(C)=NOC(C)(C)C(=O)O)c1. The Morgan fingerprint density at radius 3 is 2.35 bits per heavy atom. The van der Waals surface area contributed by atoms with Crippen LogP contribution in [0, 0.1) is 0 Å². The average molecular weight is 690 g/mol. The number of fused-ring (bicyclic) bond motifs is 2. The molecule has 14 heteroatoms. The van der Waals surface area contributed by atoms with Gasteiger partial charge in [0.05, 0.1) is 25.6 Å². The lowest BCUT2D eigenvalue weighted by molar-refractivity contribution is -0.274. The molecule has 1 unspecified atom stereocenters. The van der Waals surface area contributed by atoms with Crippen LogP contribution in [0.15, 0.2) is 59.8 Å². The molecule has 2 aliphatic rings. The summed E-state index contributed by atoms with van der Waals surface area (Å²) in [4.78, 5) is 33.0. The van der Waals surface area contributed by atoms with E-state index in [2.05, 4.69) is 15.2 Å². The Balaban J connectivity index is 1.58. The van der Waals surface area contributed by atoms with Gasteiger partial charge in [0.15, 0.2) is 0 Å². The van der Waals surface area contributed by atoms with Crippen molar-refractivity contribution in [2.24, 2.45) is 5.16 Å². The number of aliphatic carboxylic acids is 1. The number of nitrogens with one attached hydrogen (secondary N) is 1. The van der Waals surface area contributed by atoms with Crippen molar-refractivity contribution < 1.29 is 46.9 Å². The lowest BCUT2D eigenvalue weighted by Gasteiger charge is -2.39. The summed E-state index contributed by atoms with van der Waals surface area (Å²) in [5.74, 6) is -1.37. The maximum Gasteiger partial charge on any atom is 0.573 e. The summed E-state index contributed by atoms with van der Waals surface area (Å²) in [6, 6.07) is 12.8. The number of anilines is 2. The fourth-order valence-corrected chi connectivity index (χ4v) is 6.05. The van der Waals surface area contributed by atoms with Gasteiger partial charge in [-0.2, -0.15) is 0 Å². The number of halogens is 4. The number of rotatable bonds is 11. The Morgan fingerprint density at radius 2 is 1.75 bits per heavy atom. The number of oxime groups is 1. The molecule has 256 valence electrons. The van der Waals surface area contributed by atoms with Crippen LogP contribution in [-0.4, -0.2) is 55.4 Å². The van der Waals surface area contributed by atoms with Gasteiger partial charge < -0.3 is 34.4 Å². The first-order chi connectivity index (χ1) is 22.6. The molecule has 1 saturated carbocycles. The predicted octanol–water partition coefficient (Wildman–Crippen LogP) is 7.48. The zero-order valence-corrected chi connectivity index (χ0v) is 27.7. The zero-order chi connectivity index (χ0) is 35.0. The summed E-state index contributed by atoms with van der Waals surface area (Å²) < 4.78 is 54.9. The summed E-state index contributed by atoms with van der Waals surface area (Å²) in [5, 5.41) is 17.1. The lowest BCUT2D eigenvalue weighted by atomic mass is 9.66. The van der Waals surface area contributed by atoms with Gasteiger partial charge in [-0.1, -0.05) is 35.3 Å². The van der Waals surface area contributed by atoms with Gasteiger partial charge in [-0.25, -0.2) is 4.79 Å². The van der Waals surface area contributed by atoms with Gasteiger partial charge in [0.1, 0.15) is 23.3 Å². The lowest BCUT2D eigenvalue weighted by Crippen LogP contribution is -2.44. The molecule has 1 heterocycles. The molecular weight excluding hydrogens is 655 g/mol. The van der Waals surface area contributed by atoms with Crippen LogP contribution in [0.25, 0.3) is 0 Å². The van der Waals surface area contributed by atoms with Crippen molar-refractivity contribution in [1.29, 1.82) is 0 Å². The smallest absolute Gasteiger partial charge is 0.497 e. The van der Waals surface area contributed by atoms with Gasteiger partial charge in [-0.15, -0.1) is 13.2 Å². The molecule has 1 aliphatic carbocycles. The van der Waals surface area contributed by atoms with Crippen molar-refractivity contribution in [3.63, 3.8) is 0 Å². The number of nitrogens with zero attached hydrogens (tertiary/aromatic N) is 2. The number of methoxy groups -OCH3 is 2. The van der Waals surface area contributed by atoms with E-state index in [4.69, 9.17) is 25.9 Å². The molecule has 0 aromatic heterocycles. The predicted molar refractivity (Wildman–Crippen MR) is 173 cm³/mol. The van der Waals surface area contributed by atoms with Gasteiger partial charge in [0, 0.05) is 45.9 Å². The van der Waals surface area contributed by atoms with Gasteiger partial charge >= 0.3 is 12.3 Å². The highest BCUT2D eigenvalue weighted by Gasteiger charge is 2.50. The molecule has 1 fully saturated rings. The van der Waals surface area contributed by atoms with E-state index in [1.54, 1.807) is 49.4 Å². The molecule has 0 radical (unpaired) electrons. The number of benzene rings is 3. The number of amides is 1. The maximum absolute atomic E-state index is 14.7. The number of alkyl halides is 3. The molecule has 3 aromatic carbocycles. The highest BCUT2D eigenvalue weighted by Crippen LogP contribution is 2.54. The minimum atomic E-state index is -4.91. The molecule has 10 nitrogen and oxygen atoms in total. The van der Waals surface area contributed by atoms with Crippen LogP contribution in [0.3, 0.4) is 0 Å². The van der Waals surface area contributed by atoms with E-state index < -0.39 is 35.6 Å². The Morgan fingerprint density at radius 1 is 1.02 bits per heavy atom. The van der Waals surface area contributed by atoms with E-state index in [1.807, 2.05) is 0 Å². The molecule has 1 spiro atoms. The van der Waals surface area contributed by atoms with Crippen LogP contribution >= 0.6 is 11.6 Å². The first kappa shape index (κ1) is 34.7. The Kier molecular flexibility index (Phi) is 9.46. The Labute approximate surface area is 280 Å². The fraction of sp³-hybridized carbons (Fsp3) is 0.382. The molecule has 2 N–H and O–H groups in total. The number of carboxylic acids is 1. The molecule has 48 heavy (non-hydrogen) atoms. The summed E-state index contributed by atoms with van der Waals surface area (Å²) in [5.41, 5.74) is 0.838. The number of hydrogen-bond donors (Lipinski definition) is 2. The molecule has 1 atom stereocenters. The van der Waals surface area contributed by atoms with Crippen LogP contribution in [0.1, 0.15) is 62.8 Å². The molecule has 0 saturated heterocycles. The van der Waals surface area contributed by atoms with Crippen molar-refractivity contribution in [3.8, 4) is 17.2 Å². The average Bonchev–Trinajstić information content (AvgIpc) is 3.36. The highest BCUT2D eigenvalue weighted by molar-refractivity contribution is 6.30. The normalized spacial score (nSPS) is 16.1. The van der Waals surface area contributed by atoms with E-state index in [0.29, 0.717) is 44.7 Å². The summed E-state index contributed by atoms with van der Waals surface area (Å²) in [6.45, 7) is 4.63. The Hall–Kier alpha value is -4.65. The number of carbonyl (C=O) groups is 2. The first-order valence-corrected chi connectivity index (χ1v) is 15.4. The number of hydrogen-bond acceptors (Lipinski definition) is 8. The second-order valence-corrected chi connectivity index (χ2v) is 12.7. The molecule has 0 bridgehead atoms. The van der Waals surface area contributed by atoms with Gasteiger partial charge in [0.25, 0.3) is 5.91 Å². The van der Waals surface area contributed by atoms with Crippen molar-refractivity contribution >= 4 is 40.6 Å². The quantitative estimate of drug-likeness (QED) is 0.157. The third-order valence-corrected chi connectivity index (χ3v) is 8.89. The van der Waals surface area contributed by atoms with Gasteiger partial charge in [-0.05, 0) is 69.5 Å². The summed E-state index contributed by atoms with van der Waals surface area (Å²) in [6.07, 6.45) is -2.42. The molecule has 1 amide bonds. The highest BCUT2D eigenvalue weighted by atomic mass is 35.5. The van der Waals surface area contributed by atoms with Crippen molar-refractivity contribution in [1.82, 2.24) is 0 Å². The largest absolute Gasteiger partial charge is 0.573 e. The van der Waals surface area contributed by atoms with Crippen LogP contribution in [0.5, 0.6) is 17.2 Å². The molecular formula is C34H35ClF3N3O7. The van der Waals surface area contributed by atoms with Gasteiger partial charge in [0.2, 0.25) is 5.60 Å². The minimum absolute atomic E-state index is 0.274. The van der Waals surface area contributed by atoms with E-state index in [1.165, 1.54) is 45.1 Å². The van der Waals surface area contributed by atoms with Crippen LogP contribution in [-0.2, 0) is 19.8 Å². The third-order valence-electron chi connectivity index (χ3n) is 8.65. The van der Waals surface area contributed by atoms with E-state index in [9.17, 15) is 27.9 Å². The number of ether oxygens (including phenoxy) is 3. The summed E-state index contributed by atoms with van der Waals surface area (Å²) in [7, 11) is 2.90. The van der Waals surface area contributed by atoms with Crippen LogP contribution in [0.2, 0.25) is 5.02 Å². The number of carboxylic acid groups (broad SMARTS) is 1. The van der Waals surface area contributed by atoms with E-state index in [0.717, 1.165) is 24.8 Å². The van der Waals surface area contributed by atoms with E-state index >= 15 is 0 Å².